The molecule has 1 nitrogen and oxygen atoms in total. The molecular weight excluding hydrogens is 269 g/mol. The van der Waals surface area contributed by atoms with Gasteiger partial charge in [0.05, 0.1) is 0 Å². The fourth-order valence-corrected chi connectivity index (χ4v) is 1.27. The molecule has 0 N–H and O–H groups in total. The van der Waals surface area contributed by atoms with Crippen LogP contribution in [0.4, 0.5) is 0 Å². The molecule has 1 heterocycles. The second kappa shape index (κ2) is 9.00. The predicted molar refractivity (Wildman–Crippen MR) is 63.0 cm³/mol. The molecule has 0 unspecified atom stereocenters. The van der Waals surface area contributed by atoms with E-state index >= 15 is 0 Å². The van der Waals surface area contributed by atoms with Crippen molar-refractivity contribution in [2.75, 3.05) is 0 Å². The average molecular weight is 281 g/mol. The van der Waals surface area contributed by atoms with Gasteiger partial charge in [-0.1, -0.05) is 6.07 Å². The van der Waals surface area contributed by atoms with Crippen LogP contribution in [0.2, 0.25) is 0 Å². The van der Waals surface area contributed by atoms with Crippen LogP contribution in [0.1, 0.15) is 12.1 Å². The van der Waals surface area contributed by atoms with Crippen molar-refractivity contribution in [3.8, 4) is 0 Å². The van der Waals surface area contributed by atoms with Crippen LogP contribution in [0.3, 0.4) is 0 Å². The molecule has 0 bridgehead atoms. The Morgan fingerprint density at radius 2 is 2.07 bits per heavy atom. The molecule has 0 amide bonds. The molecule has 4 heteroatoms. The first-order chi connectivity index (χ1) is 5.95. The van der Waals surface area contributed by atoms with Gasteiger partial charge in [-0.05, 0) is 18.6 Å². The SMILES string of the molecule is Cl.Cl.[C-]1=C(Cc2ccccn2)C=CC1.[Cr]. The Labute approximate surface area is 114 Å². The van der Waals surface area contributed by atoms with Gasteiger partial charge < -0.3 is 0 Å². The van der Waals surface area contributed by atoms with E-state index in [1.165, 1.54) is 5.57 Å². The Hall–Kier alpha value is -0.258. The van der Waals surface area contributed by atoms with Crippen molar-refractivity contribution in [1.82, 2.24) is 4.98 Å². The molecule has 1 aliphatic carbocycles. The molecule has 0 fully saturated rings. The van der Waals surface area contributed by atoms with Crippen molar-refractivity contribution in [2.24, 2.45) is 0 Å². The number of hydrogen-bond acceptors (Lipinski definition) is 1. The summed E-state index contributed by atoms with van der Waals surface area (Å²) >= 11 is 0. The Morgan fingerprint density at radius 1 is 1.27 bits per heavy atom. The summed E-state index contributed by atoms with van der Waals surface area (Å²) in [5.74, 6) is 0. The van der Waals surface area contributed by atoms with E-state index in [-0.39, 0.29) is 42.2 Å². The van der Waals surface area contributed by atoms with E-state index in [0.717, 1.165) is 18.5 Å². The summed E-state index contributed by atoms with van der Waals surface area (Å²) in [5, 5.41) is 0. The van der Waals surface area contributed by atoms with Gasteiger partial charge in [-0.3, -0.25) is 11.1 Å². The summed E-state index contributed by atoms with van der Waals surface area (Å²) in [6.07, 6.45) is 11.2. The van der Waals surface area contributed by atoms with Crippen LogP contribution >= 0.6 is 24.8 Å². The number of hydrogen-bond donors (Lipinski definition) is 0. The zero-order chi connectivity index (χ0) is 8.23. The Bertz CT molecular complexity index is 323. The molecule has 0 spiro atoms. The van der Waals surface area contributed by atoms with Crippen LogP contribution in [0.15, 0.2) is 42.1 Å². The number of nitrogens with zero attached hydrogens (tertiary/aromatic N) is 1. The minimum Gasteiger partial charge on any atom is -0.269 e. The smallest absolute Gasteiger partial charge is 0.0417 e. The monoisotopic (exact) mass is 280 g/mol. The van der Waals surface area contributed by atoms with E-state index in [1.54, 1.807) is 0 Å². The first-order valence-corrected chi connectivity index (χ1v) is 4.11. The van der Waals surface area contributed by atoms with Crippen molar-refractivity contribution in [1.29, 1.82) is 0 Å². The van der Waals surface area contributed by atoms with E-state index in [2.05, 4.69) is 23.2 Å². The molecule has 0 saturated heterocycles. The maximum Gasteiger partial charge on any atom is 0.0417 e. The van der Waals surface area contributed by atoms with Crippen molar-refractivity contribution in [3.05, 3.63) is 53.9 Å². The molecule has 0 radical (unpaired) electrons. The minimum absolute atomic E-state index is 0. The molecule has 2 rings (SSSR count). The first-order valence-electron chi connectivity index (χ1n) is 4.11. The fraction of sp³-hybridized carbons (Fsp3) is 0.182. The van der Waals surface area contributed by atoms with Crippen LogP contribution in [0.25, 0.3) is 0 Å². The molecule has 1 aromatic heterocycles. The average Bonchev–Trinajstić information content (AvgIpc) is 2.59. The van der Waals surface area contributed by atoms with Crippen molar-refractivity contribution in [3.63, 3.8) is 0 Å². The van der Waals surface area contributed by atoms with Crippen LogP contribution in [-0.2, 0) is 23.8 Å². The van der Waals surface area contributed by atoms with Gasteiger partial charge in [-0.25, -0.2) is 11.6 Å². The molecule has 1 aromatic rings. The zero-order valence-electron chi connectivity index (χ0n) is 8.05. The molecular formula is C11H12Cl2CrN-. The maximum atomic E-state index is 4.25. The second-order valence-corrected chi connectivity index (χ2v) is 2.81. The zero-order valence-corrected chi connectivity index (χ0v) is 11.0. The Morgan fingerprint density at radius 3 is 2.60 bits per heavy atom. The van der Waals surface area contributed by atoms with Gasteiger partial charge in [0, 0.05) is 29.3 Å². The third kappa shape index (κ3) is 5.39. The largest absolute Gasteiger partial charge is 0.269 e. The van der Waals surface area contributed by atoms with Crippen molar-refractivity contribution < 1.29 is 17.4 Å². The summed E-state index contributed by atoms with van der Waals surface area (Å²) in [6, 6.07) is 5.99. The summed E-state index contributed by atoms with van der Waals surface area (Å²) in [6.45, 7) is 0. The molecule has 0 aromatic carbocycles. The van der Waals surface area contributed by atoms with Gasteiger partial charge in [0.25, 0.3) is 0 Å². The first kappa shape index (κ1) is 17.1. The minimum atomic E-state index is 0. The number of allylic oxidation sites excluding steroid dienone is 4. The van der Waals surface area contributed by atoms with Gasteiger partial charge >= 0.3 is 0 Å². The Kier molecular flexibility index (Phi) is 10.3. The van der Waals surface area contributed by atoms with E-state index in [4.69, 9.17) is 0 Å². The van der Waals surface area contributed by atoms with Crippen LogP contribution in [-0.4, -0.2) is 4.98 Å². The van der Waals surface area contributed by atoms with Gasteiger partial charge in [0.2, 0.25) is 0 Å². The molecule has 82 valence electrons. The molecule has 1 aliphatic rings. The third-order valence-corrected chi connectivity index (χ3v) is 1.86. The molecule has 15 heavy (non-hydrogen) atoms. The quantitative estimate of drug-likeness (QED) is 0.759. The van der Waals surface area contributed by atoms with Crippen LogP contribution < -0.4 is 0 Å². The van der Waals surface area contributed by atoms with E-state index in [0.29, 0.717) is 0 Å². The topological polar surface area (TPSA) is 12.9 Å². The third-order valence-electron chi connectivity index (χ3n) is 1.86. The summed E-state index contributed by atoms with van der Waals surface area (Å²) in [7, 11) is 0. The second-order valence-electron chi connectivity index (χ2n) is 2.81. The van der Waals surface area contributed by atoms with Gasteiger partial charge in [-0.15, -0.1) is 31.2 Å². The van der Waals surface area contributed by atoms with Gasteiger partial charge in [0.1, 0.15) is 0 Å². The van der Waals surface area contributed by atoms with E-state index in [1.807, 2.05) is 24.4 Å². The fourth-order valence-electron chi connectivity index (χ4n) is 1.27. The van der Waals surface area contributed by atoms with E-state index < -0.39 is 0 Å². The van der Waals surface area contributed by atoms with Gasteiger partial charge in [0.15, 0.2) is 0 Å². The van der Waals surface area contributed by atoms with Crippen molar-refractivity contribution in [2.45, 2.75) is 12.8 Å². The van der Waals surface area contributed by atoms with Crippen LogP contribution in [0.5, 0.6) is 0 Å². The number of halogens is 2. The normalized spacial score (nSPS) is 11.9. The summed E-state index contributed by atoms with van der Waals surface area (Å²) in [4.78, 5) is 4.25. The molecule has 0 atom stereocenters. The predicted octanol–water partition coefficient (Wildman–Crippen LogP) is 3.15. The van der Waals surface area contributed by atoms with Crippen LogP contribution in [0, 0.1) is 6.08 Å². The number of aromatic nitrogens is 1. The number of rotatable bonds is 2. The van der Waals surface area contributed by atoms with E-state index in [9.17, 15) is 0 Å². The standard InChI is InChI=1S/C11H10N.2ClH.Cr/c1-2-6-10(5-1)9-11-7-3-4-8-12-11;;;/h1,3-5,7-8H,2,9H2;2*1H;/q-1;;;. The maximum absolute atomic E-state index is 4.25. The summed E-state index contributed by atoms with van der Waals surface area (Å²) in [5.41, 5.74) is 2.38. The van der Waals surface area contributed by atoms with Gasteiger partial charge in [-0.2, -0.15) is 6.08 Å². The van der Waals surface area contributed by atoms with Crippen molar-refractivity contribution >= 4 is 24.8 Å². The molecule has 0 saturated carbocycles. The molecule has 0 aliphatic heterocycles. The number of pyridine rings is 1. The Balaban J connectivity index is 0. The summed E-state index contributed by atoms with van der Waals surface area (Å²) < 4.78 is 0.